The van der Waals surface area contributed by atoms with Gasteiger partial charge in [0, 0.05) is 25.3 Å². The molecule has 1 atom stereocenters. The van der Waals surface area contributed by atoms with Crippen LogP contribution in [0.3, 0.4) is 0 Å². The third-order valence-electron chi connectivity index (χ3n) is 3.63. The molecule has 0 radical (unpaired) electrons. The van der Waals surface area contributed by atoms with E-state index in [1.54, 1.807) is 6.92 Å². The summed E-state index contributed by atoms with van der Waals surface area (Å²) in [4.78, 5) is 26.1. The number of nitrogens with one attached hydrogen (secondary N) is 2. The molecule has 0 spiro atoms. The Hall–Kier alpha value is -1.60. The van der Waals surface area contributed by atoms with Crippen LogP contribution >= 0.6 is 0 Å². The molecule has 0 saturated carbocycles. The van der Waals surface area contributed by atoms with E-state index in [2.05, 4.69) is 15.5 Å². The van der Waals surface area contributed by atoms with Gasteiger partial charge in [-0.3, -0.25) is 4.90 Å². The van der Waals surface area contributed by atoms with Crippen LogP contribution < -0.4 is 10.6 Å². The lowest BCUT2D eigenvalue weighted by molar-refractivity contribution is -0.139. The molecule has 0 bridgehead atoms. The van der Waals surface area contributed by atoms with Gasteiger partial charge in [-0.15, -0.1) is 0 Å². The maximum atomic E-state index is 12.2. The van der Waals surface area contributed by atoms with E-state index in [-0.39, 0.29) is 18.0 Å². The van der Waals surface area contributed by atoms with E-state index in [0.717, 1.165) is 13.1 Å². The number of carbonyl (C=O) groups excluding carboxylic acids is 2. The number of ether oxygens (including phenoxy) is 2. The predicted octanol–water partition coefficient (Wildman–Crippen LogP) is 0.227. The van der Waals surface area contributed by atoms with Gasteiger partial charge in [-0.1, -0.05) is 6.92 Å². The Morgan fingerprint density at radius 1 is 1.38 bits per heavy atom. The van der Waals surface area contributed by atoms with Crippen LogP contribution in [0.5, 0.6) is 0 Å². The molecule has 2 N–H and O–H groups in total. The number of amides is 2. The fourth-order valence-corrected chi connectivity index (χ4v) is 2.57. The third-order valence-corrected chi connectivity index (χ3v) is 3.63. The quantitative estimate of drug-likeness (QED) is 0.710. The average Bonchev–Trinajstić information content (AvgIpc) is 2.47. The van der Waals surface area contributed by atoms with Crippen LogP contribution in [0.15, 0.2) is 11.3 Å². The summed E-state index contributed by atoms with van der Waals surface area (Å²) in [7, 11) is 0. The maximum Gasteiger partial charge on any atom is 0.337 e. The summed E-state index contributed by atoms with van der Waals surface area (Å²) in [6.45, 7) is 7.48. The average molecular weight is 297 g/mol. The molecule has 1 unspecified atom stereocenters. The summed E-state index contributed by atoms with van der Waals surface area (Å²) in [6.07, 6.45) is 0.647. The second-order valence-electron chi connectivity index (χ2n) is 5.06. The number of rotatable bonds is 5. The number of carbonyl (C=O) groups is 2. The van der Waals surface area contributed by atoms with E-state index < -0.39 is 0 Å². The number of urea groups is 1. The van der Waals surface area contributed by atoms with Crippen molar-refractivity contribution in [2.45, 2.75) is 26.3 Å². The first-order valence-corrected chi connectivity index (χ1v) is 7.43. The number of nitrogens with zero attached hydrogens (tertiary/aromatic N) is 1. The Balaban J connectivity index is 2.22. The van der Waals surface area contributed by atoms with Gasteiger partial charge in [0.05, 0.1) is 31.4 Å². The maximum absolute atomic E-state index is 12.2. The normalized spacial score (nSPS) is 23.5. The van der Waals surface area contributed by atoms with Crippen LogP contribution in [0, 0.1) is 0 Å². The van der Waals surface area contributed by atoms with Gasteiger partial charge >= 0.3 is 12.0 Å². The van der Waals surface area contributed by atoms with E-state index in [0.29, 0.717) is 44.1 Å². The highest BCUT2D eigenvalue weighted by Crippen LogP contribution is 2.18. The summed E-state index contributed by atoms with van der Waals surface area (Å²) in [5.74, 6) is -0.361. The highest BCUT2D eigenvalue weighted by molar-refractivity contribution is 5.94. The van der Waals surface area contributed by atoms with Crippen molar-refractivity contribution in [2.75, 3.05) is 39.5 Å². The Labute approximate surface area is 124 Å². The molecule has 0 aromatic heterocycles. The molecule has 7 heteroatoms. The van der Waals surface area contributed by atoms with E-state index in [4.69, 9.17) is 9.47 Å². The highest BCUT2D eigenvalue weighted by atomic mass is 16.5. The van der Waals surface area contributed by atoms with Gasteiger partial charge in [0.15, 0.2) is 0 Å². The summed E-state index contributed by atoms with van der Waals surface area (Å²) in [6, 6.07) is -0.563. The number of hydrogen-bond acceptors (Lipinski definition) is 5. The lowest BCUT2D eigenvalue weighted by Crippen LogP contribution is -2.52. The van der Waals surface area contributed by atoms with Gasteiger partial charge in [0.1, 0.15) is 0 Å². The van der Waals surface area contributed by atoms with Crippen LogP contribution in [0.2, 0.25) is 0 Å². The molecule has 2 amide bonds. The van der Waals surface area contributed by atoms with Crippen LogP contribution in [-0.4, -0.2) is 62.4 Å². The van der Waals surface area contributed by atoms with E-state index in [9.17, 15) is 9.59 Å². The van der Waals surface area contributed by atoms with Crippen molar-refractivity contribution >= 4 is 12.0 Å². The Morgan fingerprint density at radius 2 is 2.10 bits per heavy atom. The molecule has 7 nitrogen and oxygen atoms in total. The van der Waals surface area contributed by atoms with Crippen LogP contribution in [0.25, 0.3) is 0 Å². The van der Waals surface area contributed by atoms with Crippen LogP contribution in [-0.2, 0) is 14.3 Å². The van der Waals surface area contributed by atoms with Crippen LogP contribution in [0.4, 0.5) is 4.79 Å². The standard InChI is InChI=1S/C14H23N3O4/c1-3-10-12(13(18)21-4-2)11(16-14(19)15-10)9-17-5-7-20-8-6-17/h10H,3-9H2,1-2H3,(H2,15,16,19). The summed E-state index contributed by atoms with van der Waals surface area (Å²) < 4.78 is 10.5. The number of esters is 1. The minimum atomic E-state index is -0.361. The van der Waals surface area contributed by atoms with Gasteiger partial charge in [0.25, 0.3) is 0 Å². The molecule has 0 aliphatic carbocycles. The molecule has 0 aromatic rings. The first kappa shape index (κ1) is 15.8. The number of morpholine rings is 1. The molecule has 21 heavy (non-hydrogen) atoms. The second-order valence-corrected chi connectivity index (χ2v) is 5.06. The zero-order valence-corrected chi connectivity index (χ0v) is 12.6. The molecule has 118 valence electrons. The first-order valence-electron chi connectivity index (χ1n) is 7.43. The second kappa shape index (κ2) is 7.42. The molecule has 2 aliphatic heterocycles. The minimum Gasteiger partial charge on any atom is -0.463 e. The minimum absolute atomic E-state index is 0.266. The van der Waals surface area contributed by atoms with Crippen LogP contribution in [0.1, 0.15) is 20.3 Å². The molecule has 0 aromatic carbocycles. The van der Waals surface area contributed by atoms with Crippen molar-refractivity contribution in [3.05, 3.63) is 11.3 Å². The molecule has 2 aliphatic rings. The summed E-state index contributed by atoms with van der Waals surface area (Å²) in [5, 5.41) is 5.53. The molecule has 1 fully saturated rings. The van der Waals surface area contributed by atoms with Crippen molar-refractivity contribution in [3.8, 4) is 0 Å². The number of hydrogen-bond donors (Lipinski definition) is 2. The van der Waals surface area contributed by atoms with E-state index in [1.807, 2.05) is 6.92 Å². The first-order chi connectivity index (χ1) is 10.2. The Morgan fingerprint density at radius 3 is 2.71 bits per heavy atom. The largest absolute Gasteiger partial charge is 0.463 e. The van der Waals surface area contributed by atoms with Crippen molar-refractivity contribution in [3.63, 3.8) is 0 Å². The van der Waals surface area contributed by atoms with Crippen molar-refractivity contribution in [2.24, 2.45) is 0 Å². The SMILES string of the molecule is CCOC(=O)C1=C(CN2CCOCC2)NC(=O)NC1CC. The topological polar surface area (TPSA) is 79.9 Å². The zero-order chi connectivity index (χ0) is 15.2. The fraction of sp³-hybridized carbons (Fsp3) is 0.714. The summed E-state index contributed by atoms with van der Waals surface area (Å²) >= 11 is 0. The van der Waals surface area contributed by atoms with E-state index >= 15 is 0 Å². The molecule has 2 heterocycles. The third kappa shape index (κ3) is 3.95. The fourth-order valence-electron chi connectivity index (χ4n) is 2.57. The van der Waals surface area contributed by atoms with Gasteiger partial charge < -0.3 is 20.1 Å². The van der Waals surface area contributed by atoms with Crippen molar-refractivity contribution in [1.29, 1.82) is 0 Å². The van der Waals surface area contributed by atoms with Crippen molar-refractivity contribution in [1.82, 2.24) is 15.5 Å². The molecular weight excluding hydrogens is 274 g/mol. The lowest BCUT2D eigenvalue weighted by atomic mass is 10.00. The van der Waals surface area contributed by atoms with Gasteiger partial charge in [-0.25, -0.2) is 9.59 Å². The van der Waals surface area contributed by atoms with E-state index in [1.165, 1.54) is 0 Å². The Bertz CT molecular complexity index is 430. The monoisotopic (exact) mass is 297 g/mol. The molecule has 2 rings (SSSR count). The predicted molar refractivity (Wildman–Crippen MR) is 76.7 cm³/mol. The van der Waals surface area contributed by atoms with Gasteiger partial charge in [0.2, 0.25) is 0 Å². The van der Waals surface area contributed by atoms with Gasteiger partial charge in [-0.2, -0.15) is 0 Å². The van der Waals surface area contributed by atoms with Crippen molar-refractivity contribution < 1.29 is 19.1 Å². The molecule has 1 saturated heterocycles. The van der Waals surface area contributed by atoms with Gasteiger partial charge in [-0.05, 0) is 13.3 Å². The highest BCUT2D eigenvalue weighted by Gasteiger charge is 2.32. The Kier molecular flexibility index (Phi) is 5.58. The molecular formula is C14H23N3O4. The zero-order valence-electron chi connectivity index (χ0n) is 12.6. The smallest absolute Gasteiger partial charge is 0.337 e. The summed E-state index contributed by atoms with van der Waals surface area (Å²) in [5.41, 5.74) is 1.18. The lowest BCUT2D eigenvalue weighted by Gasteiger charge is -2.32.